The molecule has 1 aliphatic rings. The molecule has 4 nitrogen and oxygen atoms in total. The molecule has 0 N–H and O–H groups in total. The number of fused-ring (bicyclic) bond motifs is 1. The van der Waals surface area contributed by atoms with Gasteiger partial charge in [-0.15, -0.1) is 11.3 Å². The molecule has 0 aliphatic carbocycles. The van der Waals surface area contributed by atoms with Crippen molar-refractivity contribution in [1.29, 1.82) is 0 Å². The zero-order chi connectivity index (χ0) is 19.3. The van der Waals surface area contributed by atoms with E-state index in [9.17, 15) is 4.79 Å². The first-order chi connectivity index (χ1) is 13.7. The highest BCUT2D eigenvalue weighted by Gasteiger charge is 2.28. The lowest BCUT2D eigenvalue weighted by Crippen LogP contribution is -2.40. The fraction of sp³-hybridized carbons (Fsp3) is 0.261. The second kappa shape index (κ2) is 8.48. The molecule has 0 saturated heterocycles. The number of nitrogens with zero attached hydrogens (tertiary/aromatic N) is 1. The van der Waals surface area contributed by atoms with E-state index < -0.39 is 0 Å². The molecule has 1 aromatic heterocycles. The van der Waals surface area contributed by atoms with E-state index in [1.807, 2.05) is 59.5 Å². The Morgan fingerprint density at radius 3 is 2.50 bits per heavy atom. The molecule has 0 radical (unpaired) electrons. The minimum atomic E-state index is 0.0220. The smallest absolute Gasteiger partial charge is 0.261 e. The van der Waals surface area contributed by atoms with E-state index in [-0.39, 0.29) is 18.6 Å². The van der Waals surface area contributed by atoms with Crippen LogP contribution in [0.2, 0.25) is 0 Å². The van der Waals surface area contributed by atoms with Crippen molar-refractivity contribution in [3.63, 3.8) is 0 Å². The van der Waals surface area contributed by atoms with Crippen LogP contribution >= 0.6 is 11.3 Å². The molecular weight excluding hydrogens is 370 g/mol. The van der Waals surface area contributed by atoms with Crippen molar-refractivity contribution < 1.29 is 14.3 Å². The number of amides is 1. The summed E-state index contributed by atoms with van der Waals surface area (Å²) in [5.41, 5.74) is 2.39. The van der Waals surface area contributed by atoms with Gasteiger partial charge in [0.25, 0.3) is 5.91 Å². The molecular formula is C23H23NO3S. The van der Waals surface area contributed by atoms with Crippen LogP contribution in [0.15, 0.2) is 66.0 Å². The summed E-state index contributed by atoms with van der Waals surface area (Å²) < 4.78 is 11.5. The number of ether oxygens (including phenoxy) is 2. The molecule has 28 heavy (non-hydrogen) atoms. The quantitative estimate of drug-likeness (QED) is 0.601. The molecule has 3 aromatic rings. The van der Waals surface area contributed by atoms with Crippen molar-refractivity contribution in [1.82, 2.24) is 4.90 Å². The van der Waals surface area contributed by atoms with E-state index >= 15 is 0 Å². The number of hydrogen-bond donors (Lipinski definition) is 0. The third-order valence-electron chi connectivity index (χ3n) is 5.03. The Hall–Kier alpha value is -2.79. The molecule has 1 aliphatic heterocycles. The van der Waals surface area contributed by atoms with Crippen molar-refractivity contribution in [3.8, 4) is 11.5 Å². The first-order valence-electron chi connectivity index (χ1n) is 9.46. The number of hydrogen-bond acceptors (Lipinski definition) is 4. The largest absolute Gasteiger partial charge is 0.489 e. The maximum Gasteiger partial charge on any atom is 0.261 e. The zero-order valence-corrected chi connectivity index (χ0v) is 16.7. The summed E-state index contributed by atoms with van der Waals surface area (Å²) in [6.45, 7) is 3.41. The Bertz CT molecular complexity index is 921. The van der Waals surface area contributed by atoms with Gasteiger partial charge >= 0.3 is 0 Å². The van der Waals surface area contributed by atoms with Crippen molar-refractivity contribution in [2.24, 2.45) is 0 Å². The minimum Gasteiger partial charge on any atom is -0.489 e. The van der Waals surface area contributed by atoms with Crippen LogP contribution in [0.25, 0.3) is 0 Å². The highest BCUT2D eigenvalue weighted by atomic mass is 32.1. The predicted molar refractivity (Wildman–Crippen MR) is 111 cm³/mol. The SMILES string of the molecule is C[C@@H]1c2ccsc2CCN1C(=O)COc1ccc(OCc2ccccc2)cc1. The molecule has 2 heterocycles. The number of rotatable bonds is 6. The molecule has 2 aromatic carbocycles. The van der Waals surface area contributed by atoms with Gasteiger partial charge in [0.05, 0.1) is 6.04 Å². The van der Waals surface area contributed by atoms with Crippen LogP contribution in [0.5, 0.6) is 11.5 Å². The van der Waals surface area contributed by atoms with E-state index in [4.69, 9.17) is 9.47 Å². The average Bonchev–Trinajstić information content (AvgIpc) is 3.22. The lowest BCUT2D eigenvalue weighted by atomic mass is 10.0. The van der Waals surface area contributed by atoms with Gasteiger partial charge in [0, 0.05) is 11.4 Å². The standard InChI is InChI=1S/C23H23NO3S/c1-17-21-12-14-28-22(21)11-13-24(17)23(25)16-27-20-9-7-19(8-10-20)26-15-18-5-3-2-4-6-18/h2-10,12,14,17H,11,13,15-16H2,1H3/t17-/m1/s1. The highest BCUT2D eigenvalue weighted by Crippen LogP contribution is 2.32. The van der Waals surface area contributed by atoms with Gasteiger partial charge in [-0.05, 0) is 60.2 Å². The van der Waals surface area contributed by atoms with E-state index in [2.05, 4.69) is 18.4 Å². The van der Waals surface area contributed by atoms with Crippen LogP contribution in [0.3, 0.4) is 0 Å². The van der Waals surface area contributed by atoms with Gasteiger partial charge in [-0.1, -0.05) is 30.3 Å². The number of benzene rings is 2. The highest BCUT2D eigenvalue weighted by molar-refractivity contribution is 7.10. The normalized spacial score (nSPS) is 15.8. The number of carbonyl (C=O) groups is 1. The van der Waals surface area contributed by atoms with Crippen LogP contribution in [-0.4, -0.2) is 24.0 Å². The summed E-state index contributed by atoms with van der Waals surface area (Å²) in [6.07, 6.45) is 0.927. The Morgan fingerprint density at radius 2 is 1.75 bits per heavy atom. The lowest BCUT2D eigenvalue weighted by Gasteiger charge is -2.33. The van der Waals surface area contributed by atoms with Crippen molar-refractivity contribution in [2.75, 3.05) is 13.2 Å². The molecule has 1 amide bonds. The zero-order valence-electron chi connectivity index (χ0n) is 15.8. The first kappa shape index (κ1) is 18.6. The molecule has 4 rings (SSSR count). The summed E-state index contributed by atoms with van der Waals surface area (Å²) in [5.74, 6) is 1.47. The van der Waals surface area contributed by atoms with Crippen molar-refractivity contribution in [2.45, 2.75) is 26.0 Å². The first-order valence-corrected chi connectivity index (χ1v) is 10.3. The van der Waals surface area contributed by atoms with Gasteiger partial charge in [-0.2, -0.15) is 0 Å². The average molecular weight is 394 g/mol. The molecule has 144 valence electrons. The van der Waals surface area contributed by atoms with Crippen molar-refractivity contribution >= 4 is 17.2 Å². The van der Waals surface area contributed by atoms with Crippen LogP contribution in [0.4, 0.5) is 0 Å². The van der Waals surface area contributed by atoms with Crippen LogP contribution < -0.4 is 9.47 Å². The number of carbonyl (C=O) groups excluding carboxylic acids is 1. The van der Waals surface area contributed by atoms with E-state index in [1.165, 1.54) is 10.4 Å². The van der Waals surface area contributed by atoms with Crippen molar-refractivity contribution in [3.05, 3.63) is 82.0 Å². The topological polar surface area (TPSA) is 38.8 Å². The molecule has 0 unspecified atom stereocenters. The van der Waals surface area contributed by atoms with Crippen LogP contribution in [0, 0.1) is 0 Å². The monoisotopic (exact) mass is 393 g/mol. The van der Waals surface area contributed by atoms with Crippen LogP contribution in [-0.2, 0) is 17.8 Å². The molecule has 0 saturated carbocycles. The van der Waals surface area contributed by atoms with Gasteiger partial charge in [0.2, 0.25) is 0 Å². The Morgan fingerprint density at radius 1 is 1.04 bits per heavy atom. The molecule has 1 atom stereocenters. The lowest BCUT2D eigenvalue weighted by molar-refractivity contribution is -0.135. The fourth-order valence-corrected chi connectivity index (χ4v) is 4.41. The Kier molecular flexibility index (Phi) is 5.63. The summed E-state index contributed by atoms with van der Waals surface area (Å²) in [6, 6.07) is 19.7. The summed E-state index contributed by atoms with van der Waals surface area (Å²) in [5, 5.41) is 2.10. The summed E-state index contributed by atoms with van der Waals surface area (Å²) >= 11 is 1.78. The molecule has 0 bridgehead atoms. The number of thiophene rings is 1. The van der Waals surface area contributed by atoms with Crippen LogP contribution in [0.1, 0.15) is 29.0 Å². The van der Waals surface area contributed by atoms with Gasteiger partial charge in [-0.3, -0.25) is 4.79 Å². The Labute approximate surface area is 169 Å². The molecule has 5 heteroatoms. The van der Waals surface area contributed by atoms with Gasteiger partial charge in [0.15, 0.2) is 6.61 Å². The molecule has 0 spiro atoms. The third kappa shape index (κ3) is 4.20. The second-order valence-corrected chi connectivity index (χ2v) is 7.85. The maximum atomic E-state index is 12.6. The second-order valence-electron chi connectivity index (χ2n) is 6.85. The Balaban J connectivity index is 1.28. The van der Waals surface area contributed by atoms with E-state index in [0.717, 1.165) is 24.3 Å². The van der Waals surface area contributed by atoms with Gasteiger partial charge in [-0.25, -0.2) is 0 Å². The van der Waals surface area contributed by atoms with E-state index in [0.29, 0.717) is 12.4 Å². The summed E-state index contributed by atoms with van der Waals surface area (Å²) in [7, 11) is 0. The molecule has 0 fully saturated rings. The van der Waals surface area contributed by atoms with Gasteiger partial charge in [0.1, 0.15) is 18.1 Å². The van der Waals surface area contributed by atoms with E-state index in [1.54, 1.807) is 11.3 Å². The predicted octanol–water partition coefficient (Wildman–Crippen LogP) is 4.85. The minimum absolute atomic E-state index is 0.0220. The van der Waals surface area contributed by atoms with Gasteiger partial charge < -0.3 is 14.4 Å². The third-order valence-corrected chi connectivity index (χ3v) is 6.03. The fourth-order valence-electron chi connectivity index (χ4n) is 3.45. The maximum absolute atomic E-state index is 12.6. The summed E-state index contributed by atoms with van der Waals surface area (Å²) in [4.78, 5) is 15.9.